The number of para-hydroxylation sites is 4. The molecule has 18 rings (SSSR count). The van der Waals surface area contributed by atoms with Gasteiger partial charge >= 0.3 is 0 Å². The Kier molecular flexibility index (Phi) is 12.0. The maximum atomic E-state index is 2.67. The van der Waals surface area contributed by atoms with E-state index in [2.05, 4.69) is 353 Å². The summed E-state index contributed by atoms with van der Waals surface area (Å²) < 4.78 is 2.47. The SMILES string of the molecule is c1ccc(-c2ccc3c(c2)N2c4ccc(-n5c6ccccc6c6ccccc65)cc4N(c4c(-c5ccccc5)cccc4-c4ccccc4)c4cc(C5c6ccccc6Cc6ccccc65)cc(c42)N3c2c(-c3ccccc3)cccc2-c2ccccc2)cc1. The average molecular weight is 1150 g/mol. The summed E-state index contributed by atoms with van der Waals surface area (Å²) in [6.45, 7) is 0. The number of rotatable bonds is 9. The third-order valence-corrected chi connectivity index (χ3v) is 18.9. The zero-order valence-electron chi connectivity index (χ0n) is 49.3. The van der Waals surface area contributed by atoms with Gasteiger partial charge in [0.15, 0.2) is 0 Å². The minimum atomic E-state index is -0.104. The van der Waals surface area contributed by atoms with Gasteiger partial charge in [-0.3, -0.25) is 0 Å². The number of aromatic nitrogens is 1. The van der Waals surface area contributed by atoms with Crippen molar-refractivity contribution in [3.8, 4) is 61.3 Å². The first kappa shape index (κ1) is 51.5. The summed E-state index contributed by atoms with van der Waals surface area (Å²) in [5, 5.41) is 2.44. The Hall–Kier alpha value is -11.7. The minimum Gasteiger partial charge on any atom is -0.309 e. The van der Waals surface area contributed by atoms with Gasteiger partial charge in [-0.15, -0.1) is 0 Å². The fourth-order valence-corrected chi connectivity index (χ4v) is 15.1. The first-order valence-corrected chi connectivity index (χ1v) is 31.2. The van der Waals surface area contributed by atoms with Crippen LogP contribution in [0, 0.1) is 0 Å². The Bertz CT molecular complexity index is 5070. The van der Waals surface area contributed by atoms with E-state index < -0.39 is 0 Å². The highest BCUT2D eigenvalue weighted by Gasteiger charge is 2.43. The highest BCUT2D eigenvalue weighted by atomic mass is 15.3. The van der Waals surface area contributed by atoms with Gasteiger partial charge in [-0.1, -0.05) is 279 Å². The van der Waals surface area contributed by atoms with E-state index in [-0.39, 0.29) is 5.92 Å². The lowest BCUT2D eigenvalue weighted by atomic mass is 9.74. The van der Waals surface area contributed by atoms with Crippen LogP contribution in [0.25, 0.3) is 83.1 Å². The molecule has 0 radical (unpaired) electrons. The molecule has 0 N–H and O–H groups in total. The summed E-state index contributed by atoms with van der Waals surface area (Å²) >= 11 is 0. The van der Waals surface area contributed by atoms with E-state index in [1.165, 1.54) is 38.6 Å². The predicted octanol–water partition coefficient (Wildman–Crippen LogP) is 23.2. The van der Waals surface area contributed by atoms with E-state index in [1.54, 1.807) is 0 Å². The molecule has 4 nitrogen and oxygen atoms in total. The minimum absolute atomic E-state index is 0.104. The number of hydrogen-bond donors (Lipinski definition) is 0. The Morgan fingerprint density at radius 2 is 0.622 bits per heavy atom. The van der Waals surface area contributed by atoms with Crippen molar-refractivity contribution < 1.29 is 0 Å². The van der Waals surface area contributed by atoms with Crippen LogP contribution in [-0.4, -0.2) is 4.57 Å². The van der Waals surface area contributed by atoms with Crippen molar-refractivity contribution >= 4 is 73.0 Å². The number of fused-ring (bicyclic) bond motifs is 9. The van der Waals surface area contributed by atoms with Crippen LogP contribution < -0.4 is 14.7 Å². The molecule has 90 heavy (non-hydrogen) atoms. The van der Waals surface area contributed by atoms with Crippen molar-refractivity contribution in [3.63, 3.8) is 0 Å². The second-order valence-corrected chi connectivity index (χ2v) is 23.9. The van der Waals surface area contributed by atoms with Gasteiger partial charge in [0, 0.05) is 44.6 Å². The molecule has 0 spiro atoms. The summed E-state index contributed by atoms with van der Waals surface area (Å²) in [6, 6.07) is 124. The molecule has 0 saturated heterocycles. The fraction of sp³-hybridized carbons (Fsp3) is 0.0233. The van der Waals surface area contributed by atoms with Crippen molar-refractivity contribution in [2.45, 2.75) is 12.3 Å². The lowest BCUT2D eigenvalue weighted by Crippen LogP contribution is -2.31. The van der Waals surface area contributed by atoms with E-state index in [1.807, 2.05) is 0 Å². The number of nitrogens with zero attached hydrogens (tertiary/aromatic N) is 4. The first-order valence-electron chi connectivity index (χ1n) is 31.2. The normalized spacial score (nSPS) is 13.0. The van der Waals surface area contributed by atoms with Crippen LogP contribution in [0.4, 0.5) is 51.2 Å². The van der Waals surface area contributed by atoms with Gasteiger partial charge in [0.2, 0.25) is 0 Å². The average Bonchev–Trinajstić information content (AvgIpc) is 0.760. The molecule has 4 heteroatoms. The van der Waals surface area contributed by atoms with Gasteiger partial charge in [-0.25, -0.2) is 0 Å². The highest BCUT2D eigenvalue weighted by molar-refractivity contribution is 6.17. The van der Waals surface area contributed by atoms with Gasteiger partial charge in [0.25, 0.3) is 0 Å². The quantitative estimate of drug-likeness (QED) is 0.143. The number of benzene rings is 14. The largest absolute Gasteiger partial charge is 0.309 e. The second-order valence-electron chi connectivity index (χ2n) is 23.9. The van der Waals surface area contributed by atoms with Crippen molar-refractivity contribution in [2.75, 3.05) is 14.7 Å². The predicted molar refractivity (Wildman–Crippen MR) is 376 cm³/mol. The molecule has 0 saturated carbocycles. The van der Waals surface area contributed by atoms with Gasteiger partial charge in [0.05, 0.1) is 62.2 Å². The molecule has 2 aliphatic heterocycles. The van der Waals surface area contributed by atoms with Crippen molar-refractivity contribution in [1.29, 1.82) is 0 Å². The van der Waals surface area contributed by atoms with Crippen LogP contribution in [0.3, 0.4) is 0 Å². The fourth-order valence-electron chi connectivity index (χ4n) is 15.1. The molecule has 3 aliphatic rings. The van der Waals surface area contributed by atoms with Crippen molar-refractivity contribution in [2.24, 2.45) is 0 Å². The van der Waals surface area contributed by atoms with Crippen LogP contribution in [-0.2, 0) is 6.42 Å². The van der Waals surface area contributed by atoms with E-state index in [0.717, 1.165) is 130 Å². The summed E-state index contributed by atoms with van der Waals surface area (Å²) in [5.41, 5.74) is 31.1. The molecule has 0 amide bonds. The van der Waals surface area contributed by atoms with Gasteiger partial charge < -0.3 is 19.3 Å². The molecule has 0 fully saturated rings. The van der Waals surface area contributed by atoms with Gasteiger partial charge in [-0.2, -0.15) is 0 Å². The molecule has 3 heterocycles. The highest BCUT2D eigenvalue weighted by Crippen LogP contribution is 2.67. The molecule has 14 aromatic carbocycles. The van der Waals surface area contributed by atoms with Crippen LogP contribution in [0.15, 0.2) is 334 Å². The summed E-state index contributed by atoms with van der Waals surface area (Å²) in [4.78, 5) is 7.94. The molecule has 0 atom stereocenters. The number of anilines is 9. The molecular formula is C86H58N4. The first-order chi connectivity index (χ1) is 44.7. The standard InChI is InChI=1S/C86H58N4/c1-6-26-57(27-7-1)62-48-50-77-79(53-62)88-78-51-49-66(87-75-46-22-20-40-73(75)74-41-21-23-47-76(74)87)56-80(78)90(85-71(60-32-12-4-13-33-60)44-25-45-72(85)61-34-14-5-15-35-61)82-55-65(83-67-38-18-16-36-63(67)52-64-37-17-19-39-68(64)83)54-81(86(82)88)89(77)84-69(58-28-8-2-9-29-58)42-24-43-70(84)59-30-10-3-11-31-59/h1-51,53-56,83H,52H2. The van der Waals surface area contributed by atoms with E-state index in [9.17, 15) is 0 Å². The monoisotopic (exact) mass is 1150 g/mol. The molecule has 422 valence electrons. The second kappa shape index (κ2) is 21.0. The van der Waals surface area contributed by atoms with Crippen LogP contribution >= 0.6 is 0 Å². The van der Waals surface area contributed by atoms with Crippen molar-refractivity contribution in [1.82, 2.24) is 4.57 Å². The van der Waals surface area contributed by atoms with E-state index >= 15 is 0 Å². The van der Waals surface area contributed by atoms with Crippen LogP contribution in [0.1, 0.15) is 33.7 Å². The third-order valence-electron chi connectivity index (χ3n) is 18.9. The Balaban J connectivity index is 1.04. The zero-order valence-corrected chi connectivity index (χ0v) is 49.3. The Morgan fingerprint density at radius 1 is 0.244 bits per heavy atom. The zero-order chi connectivity index (χ0) is 59.2. The molecule has 1 aromatic heterocycles. The lowest BCUT2D eigenvalue weighted by Gasteiger charge is -2.49. The smallest absolute Gasteiger partial charge is 0.0948 e. The lowest BCUT2D eigenvalue weighted by molar-refractivity contribution is 0.884. The van der Waals surface area contributed by atoms with Crippen molar-refractivity contribution in [3.05, 3.63) is 361 Å². The molecule has 0 unspecified atom stereocenters. The molecular weight excluding hydrogens is 1090 g/mol. The summed E-state index contributed by atoms with van der Waals surface area (Å²) in [7, 11) is 0. The third kappa shape index (κ3) is 8.15. The van der Waals surface area contributed by atoms with Crippen LogP contribution in [0.2, 0.25) is 0 Å². The Morgan fingerprint density at radius 3 is 1.10 bits per heavy atom. The summed E-state index contributed by atoms with van der Waals surface area (Å²) in [5.74, 6) is -0.104. The summed E-state index contributed by atoms with van der Waals surface area (Å²) in [6.07, 6.45) is 0.873. The Labute approximate surface area is 524 Å². The van der Waals surface area contributed by atoms with Gasteiger partial charge in [-0.05, 0) is 122 Å². The maximum absolute atomic E-state index is 2.67. The molecule has 0 bridgehead atoms. The topological polar surface area (TPSA) is 14.7 Å². The molecule has 15 aromatic rings. The van der Waals surface area contributed by atoms with Crippen LogP contribution in [0.5, 0.6) is 0 Å². The number of hydrogen-bond acceptors (Lipinski definition) is 3. The van der Waals surface area contributed by atoms with Gasteiger partial charge in [0.1, 0.15) is 0 Å². The molecule has 1 aliphatic carbocycles. The van der Waals surface area contributed by atoms with E-state index in [4.69, 9.17) is 0 Å². The van der Waals surface area contributed by atoms with E-state index in [0.29, 0.717) is 0 Å². The maximum Gasteiger partial charge on any atom is 0.0948 e.